The van der Waals surface area contributed by atoms with E-state index in [-0.39, 0.29) is 16.7 Å². The lowest BCUT2D eigenvalue weighted by Gasteiger charge is -2.06. The van der Waals surface area contributed by atoms with Gasteiger partial charge in [-0.1, -0.05) is 0 Å². The van der Waals surface area contributed by atoms with Crippen LogP contribution in [0.3, 0.4) is 0 Å². The Labute approximate surface area is 120 Å². The second-order valence-electron chi connectivity index (χ2n) is 4.86. The quantitative estimate of drug-likeness (QED) is 0.824. The molecule has 1 heterocycles. The van der Waals surface area contributed by atoms with Gasteiger partial charge in [0.1, 0.15) is 11.4 Å². The molecule has 0 saturated heterocycles. The highest BCUT2D eigenvalue weighted by Crippen LogP contribution is 2.14. The van der Waals surface area contributed by atoms with E-state index >= 15 is 0 Å². The number of nitrogens with one attached hydrogen (secondary N) is 1. The fraction of sp³-hybridized carbons (Fsp3) is 0.333. The summed E-state index contributed by atoms with van der Waals surface area (Å²) < 4.78 is 18.4. The molecule has 0 radical (unpaired) electrons. The predicted octanol–water partition coefficient (Wildman–Crippen LogP) is 1.82. The van der Waals surface area contributed by atoms with Crippen molar-refractivity contribution in [3.05, 3.63) is 46.1 Å². The number of fused-ring (bicyclic) bond motifs is 1. The van der Waals surface area contributed by atoms with E-state index in [1.807, 2.05) is 0 Å². The molecule has 2 rings (SSSR count). The molecule has 1 amide bonds. The zero-order chi connectivity index (χ0) is 15.4. The van der Waals surface area contributed by atoms with Crippen molar-refractivity contribution in [1.82, 2.24) is 5.32 Å². The summed E-state index contributed by atoms with van der Waals surface area (Å²) in [5.74, 6) is -1.24. The Kier molecular flexibility index (Phi) is 4.70. The van der Waals surface area contributed by atoms with Gasteiger partial charge in [0.15, 0.2) is 11.2 Å². The van der Waals surface area contributed by atoms with Crippen molar-refractivity contribution in [2.24, 2.45) is 0 Å². The maximum Gasteiger partial charge on any atom is 0.287 e. The third-order valence-corrected chi connectivity index (χ3v) is 3.00. The minimum atomic E-state index is -0.542. The SMILES string of the molecule is CC(O)CCCNC(=O)c1cc(=O)c2ccc(F)cc2o1. The number of hydrogen-bond acceptors (Lipinski definition) is 4. The Morgan fingerprint density at radius 2 is 2.19 bits per heavy atom. The highest BCUT2D eigenvalue weighted by atomic mass is 19.1. The van der Waals surface area contributed by atoms with Crippen molar-refractivity contribution in [1.29, 1.82) is 0 Å². The van der Waals surface area contributed by atoms with Crippen LogP contribution in [0.15, 0.2) is 33.5 Å². The van der Waals surface area contributed by atoms with Gasteiger partial charge in [0.25, 0.3) is 5.91 Å². The van der Waals surface area contributed by atoms with Gasteiger partial charge in [0.2, 0.25) is 0 Å². The van der Waals surface area contributed by atoms with Gasteiger partial charge in [0, 0.05) is 18.7 Å². The normalized spacial score (nSPS) is 12.3. The van der Waals surface area contributed by atoms with Crippen LogP contribution >= 0.6 is 0 Å². The molecule has 0 saturated carbocycles. The Morgan fingerprint density at radius 1 is 1.43 bits per heavy atom. The molecule has 0 aliphatic rings. The van der Waals surface area contributed by atoms with Crippen molar-refractivity contribution >= 4 is 16.9 Å². The lowest BCUT2D eigenvalue weighted by atomic mass is 10.2. The zero-order valence-corrected chi connectivity index (χ0v) is 11.6. The first kappa shape index (κ1) is 15.2. The summed E-state index contributed by atoms with van der Waals surface area (Å²) in [5.41, 5.74) is -0.359. The van der Waals surface area contributed by atoms with Crippen molar-refractivity contribution < 1.29 is 18.7 Å². The van der Waals surface area contributed by atoms with Gasteiger partial charge in [0.05, 0.1) is 11.5 Å². The molecule has 1 atom stereocenters. The summed E-state index contributed by atoms with van der Waals surface area (Å²) in [5, 5.41) is 11.9. The van der Waals surface area contributed by atoms with Crippen LogP contribution in [-0.2, 0) is 0 Å². The number of benzene rings is 1. The summed E-state index contributed by atoms with van der Waals surface area (Å²) in [4.78, 5) is 23.7. The lowest BCUT2D eigenvalue weighted by Crippen LogP contribution is -2.26. The van der Waals surface area contributed by atoms with E-state index in [1.54, 1.807) is 6.92 Å². The van der Waals surface area contributed by atoms with Gasteiger partial charge in [-0.3, -0.25) is 9.59 Å². The van der Waals surface area contributed by atoms with E-state index < -0.39 is 23.3 Å². The fourth-order valence-electron chi connectivity index (χ4n) is 1.93. The van der Waals surface area contributed by atoms with Crippen LogP contribution in [0.1, 0.15) is 30.3 Å². The summed E-state index contributed by atoms with van der Waals surface area (Å²) in [6.07, 6.45) is 0.742. The first-order valence-electron chi connectivity index (χ1n) is 6.67. The topological polar surface area (TPSA) is 79.5 Å². The van der Waals surface area contributed by atoms with Gasteiger partial charge >= 0.3 is 0 Å². The minimum absolute atomic E-state index is 0.0385. The van der Waals surface area contributed by atoms with Crippen LogP contribution in [0, 0.1) is 5.82 Å². The molecule has 112 valence electrons. The molecular formula is C15H16FNO4. The second kappa shape index (κ2) is 6.49. The molecule has 1 aromatic heterocycles. The van der Waals surface area contributed by atoms with E-state index in [0.29, 0.717) is 19.4 Å². The Bertz CT molecular complexity index is 708. The van der Waals surface area contributed by atoms with Crippen molar-refractivity contribution in [3.63, 3.8) is 0 Å². The second-order valence-corrected chi connectivity index (χ2v) is 4.86. The predicted molar refractivity (Wildman–Crippen MR) is 75.7 cm³/mol. The highest BCUT2D eigenvalue weighted by Gasteiger charge is 2.12. The maximum atomic E-state index is 13.1. The van der Waals surface area contributed by atoms with E-state index in [2.05, 4.69) is 5.32 Å². The first-order valence-corrected chi connectivity index (χ1v) is 6.67. The fourth-order valence-corrected chi connectivity index (χ4v) is 1.93. The van der Waals surface area contributed by atoms with Crippen molar-refractivity contribution in [2.75, 3.05) is 6.54 Å². The monoisotopic (exact) mass is 293 g/mol. The molecule has 6 heteroatoms. The van der Waals surface area contributed by atoms with Gasteiger partial charge in [-0.2, -0.15) is 0 Å². The van der Waals surface area contributed by atoms with Crippen molar-refractivity contribution in [3.8, 4) is 0 Å². The average Bonchev–Trinajstić information content (AvgIpc) is 2.42. The average molecular weight is 293 g/mol. The van der Waals surface area contributed by atoms with Crippen LogP contribution in [0.25, 0.3) is 11.0 Å². The molecule has 0 bridgehead atoms. The number of rotatable bonds is 5. The standard InChI is InChI=1S/C15H16FNO4/c1-9(18)3-2-6-17-15(20)14-8-12(19)11-5-4-10(16)7-13(11)21-14/h4-5,7-9,18H,2-3,6H2,1H3,(H,17,20). The van der Waals surface area contributed by atoms with Gasteiger partial charge in [-0.05, 0) is 31.9 Å². The van der Waals surface area contributed by atoms with Crippen LogP contribution < -0.4 is 10.7 Å². The Hall–Kier alpha value is -2.21. The largest absolute Gasteiger partial charge is 0.451 e. The van der Waals surface area contributed by atoms with E-state index in [4.69, 9.17) is 9.52 Å². The number of amides is 1. The summed E-state index contributed by atoms with van der Waals surface area (Å²) >= 11 is 0. The van der Waals surface area contributed by atoms with E-state index in [0.717, 1.165) is 18.2 Å². The van der Waals surface area contributed by atoms with Gasteiger partial charge in [-0.15, -0.1) is 0 Å². The van der Waals surface area contributed by atoms with Crippen LogP contribution in [0.4, 0.5) is 4.39 Å². The van der Waals surface area contributed by atoms with E-state index in [9.17, 15) is 14.0 Å². The third kappa shape index (κ3) is 3.88. The van der Waals surface area contributed by atoms with Crippen LogP contribution in [-0.4, -0.2) is 23.7 Å². The molecule has 1 unspecified atom stereocenters. The molecule has 0 spiro atoms. The molecule has 2 N–H and O–H groups in total. The number of aliphatic hydroxyl groups excluding tert-OH is 1. The Balaban J connectivity index is 2.14. The van der Waals surface area contributed by atoms with E-state index in [1.165, 1.54) is 6.07 Å². The first-order chi connectivity index (χ1) is 9.97. The third-order valence-electron chi connectivity index (χ3n) is 3.00. The van der Waals surface area contributed by atoms with Crippen molar-refractivity contribution in [2.45, 2.75) is 25.9 Å². The number of carbonyl (C=O) groups is 1. The smallest absolute Gasteiger partial charge is 0.287 e. The molecule has 0 aliphatic heterocycles. The lowest BCUT2D eigenvalue weighted by molar-refractivity contribution is 0.0922. The number of aliphatic hydroxyl groups is 1. The molecule has 2 aromatic rings. The number of hydrogen-bond donors (Lipinski definition) is 2. The highest BCUT2D eigenvalue weighted by molar-refractivity contribution is 5.93. The zero-order valence-electron chi connectivity index (χ0n) is 11.6. The van der Waals surface area contributed by atoms with Gasteiger partial charge in [-0.25, -0.2) is 4.39 Å². The molecule has 5 nitrogen and oxygen atoms in total. The number of carbonyl (C=O) groups excluding carboxylic acids is 1. The minimum Gasteiger partial charge on any atom is -0.451 e. The summed E-state index contributed by atoms with van der Waals surface area (Å²) in [6, 6.07) is 4.64. The summed E-state index contributed by atoms with van der Waals surface area (Å²) in [6.45, 7) is 2.02. The molecule has 0 aliphatic carbocycles. The van der Waals surface area contributed by atoms with Gasteiger partial charge < -0.3 is 14.8 Å². The van der Waals surface area contributed by atoms with Crippen LogP contribution in [0.2, 0.25) is 0 Å². The molecule has 21 heavy (non-hydrogen) atoms. The number of halogens is 1. The molecule has 1 aromatic carbocycles. The summed E-state index contributed by atoms with van der Waals surface area (Å²) in [7, 11) is 0. The van der Waals surface area contributed by atoms with Crippen LogP contribution in [0.5, 0.6) is 0 Å². The maximum absolute atomic E-state index is 13.1. The Morgan fingerprint density at radius 3 is 2.90 bits per heavy atom. The molecule has 0 fully saturated rings. The molecular weight excluding hydrogens is 277 g/mol.